The molecule has 0 spiro atoms. The fourth-order valence-corrected chi connectivity index (χ4v) is 4.09. The van der Waals surface area contributed by atoms with E-state index in [0.717, 1.165) is 19.7 Å². The third kappa shape index (κ3) is 3.38. The highest BCUT2D eigenvalue weighted by Gasteiger charge is 2.30. The summed E-state index contributed by atoms with van der Waals surface area (Å²) >= 11 is 0. The summed E-state index contributed by atoms with van der Waals surface area (Å²) in [5.41, 5.74) is 10.0. The van der Waals surface area contributed by atoms with Gasteiger partial charge in [0, 0.05) is 19.1 Å². The summed E-state index contributed by atoms with van der Waals surface area (Å²) < 4.78 is 6.13. The number of morpholine rings is 1. The fraction of sp³-hybridized carbons (Fsp3) is 0.478. The number of benzene rings is 2. The molecule has 1 fully saturated rings. The summed E-state index contributed by atoms with van der Waals surface area (Å²) in [6, 6.07) is 11.0. The summed E-state index contributed by atoms with van der Waals surface area (Å²) in [6.07, 6.45) is 0.156. The molecular weight excluding hydrogens is 306 g/mol. The molecule has 2 atom stereocenters. The molecule has 2 heteroatoms. The van der Waals surface area contributed by atoms with Crippen LogP contribution < -0.4 is 0 Å². The summed E-state index contributed by atoms with van der Waals surface area (Å²) in [7, 11) is 0. The van der Waals surface area contributed by atoms with E-state index in [1.54, 1.807) is 0 Å². The second kappa shape index (κ2) is 7.31. The number of nitrogens with zero attached hydrogens (tertiary/aromatic N) is 1. The third-order valence-corrected chi connectivity index (χ3v) is 6.33. The lowest BCUT2D eigenvalue weighted by molar-refractivity contribution is -0.0703. The van der Waals surface area contributed by atoms with Crippen molar-refractivity contribution < 1.29 is 4.74 Å². The van der Waals surface area contributed by atoms with E-state index < -0.39 is 0 Å². The SMILES string of the molecule is Cc1c(C)c(C)c(CN2CCO[C@@H](c3ccccc3)[C@H]2C)c(C)c1C. The quantitative estimate of drug-likeness (QED) is 0.764. The Bertz CT molecular complexity index is 721. The molecule has 0 bridgehead atoms. The Kier molecular flexibility index (Phi) is 5.31. The first-order chi connectivity index (χ1) is 11.9. The predicted molar refractivity (Wildman–Crippen MR) is 105 cm³/mol. The third-order valence-electron chi connectivity index (χ3n) is 6.33. The molecule has 2 aromatic carbocycles. The molecule has 1 saturated heterocycles. The maximum atomic E-state index is 6.13. The van der Waals surface area contributed by atoms with Crippen LogP contribution in [0.2, 0.25) is 0 Å². The van der Waals surface area contributed by atoms with Gasteiger partial charge in [-0.1, -0.05) is 30.3 Å². The lowest BCUT2D eigenvalue weighted by Crippen LogP contribution is -2.45. The van der Waals surface area contributed by atoms with E-state index in [9.17, 15) is 0 Å². The zero-order valence-corrected chi connectivity index (χ0v) is 16.5. The van der Waals surface area contributed by atoms with Crippen LogP contribution in [0.4, 0.5) is 0 Å². The Hall–Kier alpha value is -1.64. The second-order valence-electron chi connectivity index (χ2n) is 7.52. The Morgan fingerprint density at radius 3 is 2.04 bits per heavy atom. The first-order valence-corrected chi connectivity index (χ1v) is 9.38. The normalized spacial score (nSPS) is 21.5. The standard InChI is InChI=1S/C23H31NO/c1-15-16(2)18(4)22(19(5)17(15)3)14-24-12-13-25-23(20(24)6)21-10-8-7-9-11-21/h7-11,20,23H,12-14H2,1-6H3/t20-,23-/m1/s1. The molecule has 1 aliphatic heterocycles. The molecule has 3 rings (SSSR count). The van der Waals surface area contributed by atoms with Crippen molar-refractivity contribution in [3.63, 3.8) is 0 Å². The van der Waals surface area contributed by atoms with Crippen LogP contribution >= 0.6 is 0 Å². The van der Waals surface area contributed by atoms with Gasteiger partial charge in [-0.3, -0.25) is 4.90 Å². The van der Waals surface area contributed by atoms with Gasteiger partial charge < -0.3 is 4.74 Å². The number of ether oxygens (including phenoxy) is 1. The number of rotatable bonds is 3. The fourth-order valence-electron chi connectivity index (χ4n) is 4.09. The largest absolute Gasteiger partial charge is 0.371 e. The van der Waals surface area contributed by atoms with Crippen LogP contribution in [0.1, 0.15) is 52.0 Å². The monoisotopic (exact) mass is 337 g/mol. The average molecular weight is 338 g/mol. The molecule has 0 N–H and O–H groups in total. The van der Waals surface area contributed by atoms with Gasteiger partial charge in [0.1, 0.15) is 0 Å². The van der Waals surface area contributed by atoms with Gasteiger partial charge >= 0.3 is 0 Å². The van der Waals surface area contributed by atoms with Gasteiger partial charge in [0.2, 0.25) is 0 Å². The highest BCUT2D eigenvalue weighted by molar-refractivity contribution is 5.49. The van der Waals surface area contributed by atoms with Crippen molar-refractivity contribution in [1.29, 1.82) is 0 Å². The highest BCUT2D eigenvalue weighted by Crippen LogP contribution is 2.32. The summed E-state index contributed by atoms with van der Waals surface area (Å²) in [5, 5.41) is 0. The van der Waals surface area contributed by atoms with Crippen LogP contribution in [0.25, 0.3) is 0 Å². The number of hydrogen-bond acceptors (Lipinski definition) is 2. The lowest BCUT2D eigenvalue weighted by Gasteiger charge is -2.40. The van der Waals surface area contributed by atoms with E-state index in [2.05, 4.69) is 76.8 Å². The molecule has 1 heterocycles. The molecule has 0 aliphatic carbocycles. The molecule has 0 radical (unpaired) electrons. The van der Waals surface area contributed by atoms with Crippen LogP contribution in [-0.4, -0.2) is 24.1 Å². The summed E-state index contributed by atoms with van der Waals surface area (Å²) in [5.74, 6) is 0. The van der Waals surface area contributed by atoms with Crippen molar-refractivity contribution in [2.24, 2.45) is 0 Å². The first-order valence-electron chi connectivity index (χ1n) is 9.38. The van der Waals surface area contributed by atoms with Crippen LogP contribution in [0.3, 0.4) is 0 Å². The smallest absolute Gasteiger partial charge is 0.0978 e. The summed E-state index contributed by atoms with van der Waals surface area (Å²) in [6.45, 7) is 16.4. The van der Waals surface area contributed by atoms with E-state index >= 15 is 0 Å². The zero-order valence-electron chi connectivity index (χ0n) is 16.5. The van der Waals surface area contributed by atoms with Gasteiger partial charge in [0.15, 0.2) is 0 Å². The minimum absolute atomic E-state index is 0.156. The molecule has 2 nitrogen and oxygen atoms in total. The Morgan fingerprint density at radius 1 is 0.880 bits per heavy atom. The summed E-state index contributed by atoms with van der Waals surface area (Å²) in [4.78, 5) is 2.59. The van der Waals surface area contributed by atoms with E-state index in [4.69, 9.17) is 4.74 Å². The van der Waals surface area contributed by atoms with Crippen LogP contribution in [0.15, 0.2) is 30.3 Å². The van der Waals surface area contributed by atoms with Crippen LogP contribution in [0.5, 0.6) is 0 Å². The Labute approximate surface area is 152 Å². The molecule has 25 heavy (non-hydrogen) atoms. The number of hydrogen-bond donors (Lipinski definition) is 0. The van der Waals surface area contributed by atoms with Crippen LogP contribution in [-0.2, 0) is 11.3 Å². The van der Waals surface area contributed by atoms with E-state index in [-0.39, 0.29) is 6.10 Å². The van der Waals surface area contributed by atoms with E-state index in [1.165, 1.54) is 38.9 Å². The predicted octanol–water partition coefficient (Wildman–Crippen LogP) is 5.19. The van der Waals surface area contributed by atoms with Gasteiger partial charge in [0.05, 0.1) is 12.7 Å². The topological polar surface area (TPSA) is 12.5 Å². The van der Waals surface area contributed by atoms with E-state index in [0.29, 0.717) is 6.04 Å². The molecule has 134 valence electrons. The maximum Gasteiger partial charge on any atom is 0.0978 e. The molecule has 0 amide bonds. The van der Waals surface area contributed by atoms with Crippen molar-refractivity contribution in [3.8, 4) is 0 Å². The Morgan fingerprint density at radius 2 is 1.44 bits per heavy atom. The second-order valence-corrected chi connectivity index (χ2v) is 7.52. The van der Waals surface area contributed by atoms with Gasteiger partial charge in [-0.2, -0.15) is 0 Å². The average Bonchev–Trinajstić information content (AvgIpc) is 2.64. The Balaban J connectivity index is 1.88. The van der Waals surface area contributed by atoms with Crippen molar-refractivity contribution in [1.82, 2.24) is 4.90 Å². The van der Waals surface area contributed by atoms with Gasteiger partial charge in [0.25, 0.3) is 0 Å². The lowest BCUT2D eigenvalue weighted by atomic mass is 9.89. The van der Waals surface area contributed by atoms with Crippen LogP contribution in [0, 0.1) is 34.6 Å². The molecule has 1 aliphatic rings. The highest BCUT2D eigenvalue weighted by atomic mass is 16.5. The maximum absolute atomic E-state index is 6.13. The molecular formula is C23H31NO. The molecule has 2 aromatic rings. The van der Waals surface area contributed by atoms with E-state index in [1.807, 2.05) is 0 Å². The minimum atomic E-state index is 0.156. The van der Waals surface area contributed by atoms with Gasteiger partial charge in [-0.25, -0.2) is 0 Å². The van der Waals surface area contributed by atoms with Crippen molar-refractivity contribution in [2.75, 3.05) is 13.2 Å². The first kappa shape index (κ1) is 18.2. The minimum Gasteiger partial charge on any atom is -0.371 e. The van der Waals surface area contributed by atoms with Crippen molar-refractivity contribution in [2.45, 2.75) is 60.2 Å². The molecule has 0 saturated carbocycles. The van der Waals surface area contributed by atoms with Gasteiger partial charge in [-0.05, 0) is 80.5 Å². The van der Waals surface area contributed by atoms with Gasteiger partial charge in [-0.15, -0.1) is 0 Å². The molecule has 0 aromatic heterocycles. The molecule has 0 unspecified atom stereocenters. The zero-order chi connectivity index (χ0) is 18.1. The van der Waals surface area contributed by atoms with Crippen molar-refractivity contribution in [3.05, 3.63) is 69.3 Å². The van der Waals surface area contributed by atoms with Crippen molar-refractivity contribution >= 4 is 0 Å².